The quantitative estimate of drug-likeness (QED) is 0.543. The van der Waals surface area contributed by atoms with Crippen molar-refractivity contribution in [1.29, 1.82) is 0 Å². The summed E-state index contributed by atoms with van der Waals surface area (Å²) in [5, 5.41) is 9.14. The van der Waals surface area contributed by atoms with E-state index in [0.717, 1.165) is 0 Å². The van der Waals surface area contributed by atoms with Crippen LogP contribution in [0.5, 0.6) is 0 Å². The van der Waals surface area contributed by atoms with E-state index in [4.69, 9.17) is 9.84 Å². The van der Waals surface area contributed by atoms with Gasteiger partial charge in [0, 0.05) is 11.6 Å². The number of carbonyl (C=O) groups excluding carboxylic acids is 2. The molecule has 15 heavy (non-hydrogen) atoms. The van der Waals surface area contributed by atoms with E-state index in [2.05, 4.69) is 4.74 Å². The van der Waals surface area contributed by atoms with E-state index in [-0.39, 0.29) is 5.76 Å². The van der Waals surface area contributed by atoms with Gasteiger partial charge in [-0.05, 0) is 13.0 Å². The molecule has 0 amide bonds. The van der Waals surface area contributed by atoms with Crippen LogP contribution in [0.1, 0.15) is 6.92 Å². The highest BCUT2D eigenvalue weighted by Gasteiger charge is 2.25. The summed E-state index contributed by atoms with van der Waals surface area (Å²) in [6.45, 7) is 1.54. The standard InChI is InChI=1S/C10H10O5/c1-6-7(15-10(13)9(6)12)4-3-5-8(11)14-2/h3-5,12H,1-2H3/b5-3+,7-4-. The lowest BCUT2D eigenvalue weighted by Crippen LogP contribution is -1.97. The molecule has 0 bridgehead atoms. The third-order valence-corrected chi connectivity index (χ3v) is 1.80. The molecule has 0 saturated heterocycles. The number of aliphatic hydroxyl groups excluding tert-OH is 1. The van der Waals surface area contributed by atoms with Crippen LogP contribution in [0.2, 0.25) is 0 Å². The van der Waals surface area contributed by atoms with Crippen molar-refractivity contribution in [3.05, 3.63) is 35.3 Å². The summed E-state index contributed by atoms with van der Waals surface area (Å²) in [5.41, 5.74) is 0.342. The van der Waals surface area contributed by atoms with Gasteiger partial charge in [-0.2, -0.15) is 0 Å². The molecule has 0 aromatic rings. The minimum absolute atomic E-state index is 0.220. The van der Waals surface area contributed by atoms with Gasteiger partial charge in [0.25, 0.3) is 0 Å². The third-order valence-electron chi connectivity index (χ3n) is 1.80. The number of cyclic esters (lactones) is 1. The number of esters is 2. The molecule has 1 aliphatic heterocycles. The Morgan fingerprint density at radius 2 is 2.20 bits per heavy atom. The molecule has 0 atom stereocenters. The first-order valence-electron chi connectivity index (χ1n) is 4.15. The SMILES string of the molecule is COC(=O)/C=C/C=C1\OC(=O)C(O)=C1C. The minimum atomic E-state index is -0.787. The molecule has 0 aromatic heterocycles. The zero-order valence-electron chi connectivity index (χ0n) is 8.31. The van der Waals surface area contributed by atoms with Crippen molar-refractivity contribution in [1.82, 2.24) is 0 Å². The molecule has 0 aliphatic carbocycles. The molecule has 1 heterocycles. The number of allylic oxidation sites excluding steroid dienone is 3. The topological polar surface area (TPSA) is 72.8 Å². The Kier molecular flexibility index (Phi) is 3.28. The van der Waals surface area contributed by atoms with Crippen LogP contribution in [0.25, 0.3) is 0 Å². The van der Waals surface area contributed by atoms with Gasteiger partial charge in [0.2, 0.25) is 5.76 Å². The van der Waals surface area contributed by atoms with Crippen molar-refractivity contribution in [3.8, 4) is 0 Å². The summed E-state index contributed by atoms with van der Waals surface area (Å²) in [4.78, 5) is 21.5. The largest absolute Gasteiger partial charge is 0.502 e. The fourth-order valence-electron chi connectivity index (χ4n) is 0.936. The van der Waals surface area contributed by atoms with Crippen LogP contribution >= 0.6 is 0 Å². The Bertz CT molecular complexity index is 387. The molecule has 0 spiro atoms. The van der Waals surface area contributed by atoms with E-state index in [1.807, 2.05) is 0 Å². The highest BCUT2D eigenvalue weighted by Crippen LogP contribution is 2.23. The van der Waals surface area contributed by atoms with Gasteiger partial charge >= 0.3 is 11.9 Å². The van der Waals surface area contributed by atoms with Crippen molar-refractivity contribution >= 4 is 11.9 Å². The first kappa shape index (κ1) is 11.0. The second-order valence-corrected chi connectivity index (χ2v) is 2.78. The van der Waals surface area contributed by atoms with Crippen LogP contribution in [0.3, 0.4) is 0 Å². The molecule has 5 heteroatoms. The zero-order chi connectivity index (χ0) is 11.4. The summed E-state index contributed by atoms with van der Waals surface area (Å²) in [6.07, 6.45) is 3.94. The number of aliphatic hydroxyl groups is 1. The van der Waals surface area contributed by atoms with Crippen LogP contribution in [0.4, 0.5) is 0 Å². The molecule has 5 nitrogen and oxygen atoms in total. The minimum Gasteiger partial charge on any atom is -0.502 e. The second-order valence-electron chi connectivity index (χ2n) is 2.78. The Morgan fingerprint density at radius 1 is 1.53 bits per heavy atom. The molecule has 0 unspecified atom stereocenters. The van der Waals surface area contributed by atoms with Gasteiger partial charge in [-0.1, -0.05) is 6.08 Å². The Balaban J connectivity index is 2.76. The first-order chi connectivity index (χ1) is 7.06. The highest BCUT2D eigenvalue weighted by molar-refractivity contribution is 5.91. The van der Waals surface area contributed by atoms with Crippen LogP contribution in [0, 0.1) is 0 Å². The third kappa shape index (κ3) is 2.46. The van der Waals surface area contributed by atoms with Gasteiger partial charge in [-0.15, -0.1) is 0 Å². The molecule has 0 radical (unpaired) electrons. The van der Waals surface area contributed by atoms with Gasteiger partial charge in [-0.25, -0.2) is 9.59 Å². The molecule has 1 N–H and O–H groups in total. The number of hydrogen-bond acceptors (Lipinski definition) is 5. The number of hydrogen-bond donors (Lipinski definition) is 1. The summed E-state index contributed by atoms with van der Waals surface area (Å²) in [7, 11) is 1.26. The average Bonchev–Trinajstić information content (AvgIpc) is 2.46. The van der Waals surface area contributed by atoms with Crippen LogP contribution in [0.15, 0.2) is 35.3 Å². The lowest BCUT2D eigenvalue weighted by atomic mass is 10.2. The van der Waals surface area contributed by atoms with Gasteiger partial charge in [0.15, 0.2) is 0 Å². The maximum Gasteiger partial charge on any atom is 0.379 e. The first-order valence-corrected chi connectivity index (χ1v) is 4.15. The predicted molar refractivity (Wildman–Crippen MR) is 50.7 cm³/mol. The maximum absolute atomic E-state index is 10.9. The van der Waals surface area contributed by atoms with Gasteiger partial charge in [0.1, 0.15) is 5.76 Å². The summed E-state index contributed by atoms with van der Waals surface area (Å²) >= 11 is 0. The van der Waals surface area contributed by atoms with E-state index in [1.54, 1.807) is 0 Å². The summed E-state index contributed by atoms with van der Waals surface area (Å²) in [6, 6.07) is 0. The number of rotatable bonds is 2. The van der Waals surface area contributed by atoms with Gasteiger partial charge in [-0.3, -0.25) is 0 Å². The fraction of sp³-hybridized carbons (Fsp3) is 0.200. The Hall–Kier alpha value is -2.04. The van der Waals surface area contributed by atoms with Crippen molar-refractivity contribution in [2.75, 3.05) is 7.11 Å². The van der Waals surface area contributed by atoms with Crippen LogP contribution in [-0.2, 0) is 19.1 Å². The molecular formula is C10H10O5. The van der Waals surface area contributed by atoms with Crippen molar-refractivity contribution in [2.24, 2.45) is 0 Å². The normalized spacial score (nSPS) is 18.8. The van der Waals surface area contributed by atoms with Gasteiger partial charge in [0.05, 0.1) is 7.11 Å². The van der Waals surface area contributed by atoms with Crippen molar-refractivity contribution in [3.63, 3.8) is 0 Å². The Labute approximate surface area is 86.3 Å². The molecule has 0 fully saturated rings. The van der Waals surface area contributed by atoms with E-state index in [9.17, 15) is 9.59 Å². The average molecular weight is 210 g/mol. The molecule has 1 rings (SSSR count). The smallest absolute Gasteiger partial charge is 0.379 e. The van der Waals surface area contributed by atoms with E-state index >= 15 is 0 Å². The lowest BCUT2D eigenvalue weighted by molar-refractivity contribution is -0.136. The summed E-state index contributed by atoms with van der Waals surface area (Å²) in [5.74, 6) is -1.49. The lowest BCUT2D eigenvalue weighted by Gasteiger charge is -1.94. The van der Waals surface area contributed by atoms with E-state index < -0.39 is 17.7 Å². The Morgan fingerprint density at radius 3 is 2.67 bits per heavy atom. The molecule has 0 aromatic carbocycles. The molecule has 1 aliphatic rings. The fourth-order valence-corrected chi connectivity index (χ4v) is 0.936. The molecular weight excluding hydrogens is 200 g/mol. The number of methoxy groups -OCH3 is 1. The second kappa shape index (κ2) is 4.45. The molecule has 80 valence electrons. The highest BCUT2D eigenvalue weighted by atomic mass is 16.6. The zero-order valence-corrected chi connectivity index (χ0v) is 8.31. The molecule has 0 saturated carbocycles. The maximum atomic E-state index is 10.9. The summed E-state index contributed by atoms with van der Waals surface area (Å²) < 4.78 is 9.06. The van der Waals surface area contributed by atoms with E-state index in [1.165, 1.54) is 32.3 Å². The monoisotopic (exact) mass is 210 g/mol. The van der Waals surface area contributed by atoms with E-state index in [0.29, 0.717) is 5.57 Å². The van der Waals surface area contributed by atoms with Crippen LogP contribution < -0.4 is 0 Å². The van der Waals surface area contributed by atoms with Gasteiger partial charge < -0.3 is 14.6 Å². The van der Waals surface area contributed by atoms with Crippen LogP contribution in [-0.4, -0.2) is 24.2 Å². The van der Waals surface area contributed by atoms with Crippen molar-refractivity contribution < 1.29 is 24.2 Å². The number of carbonyl (C=O) groups is 2. The predicted octanol–water partition coefficient (Wildman–Crippen LogP) is 0.988. The van der Waals surface area contributed by atoms with Crippen molar-refractivity contribution in [2.45, 2.75) is 6.92 Å². The number of ether oxygens (including phenoxy) is 2.